The summed E-state index contributed by atoms with van der Waals surface area (Å²) in [5.74, 6) is 0.713. The van der Waals surface area contributed by atoms with Crippen LogP contribution in [-0.4, -0.2) is 55.8 Å². The summed E-state index contributed by atoms with van der Waals surface area (Å²) < 4.78 is 0.465. The minimum atomic E-state index is 0. The first-order valence-electron chi connectivity index (χ1n) is 3.75. The van der Waals surface area contributed by atoms with Gasteiger partial charge in [0.25, 0.3) is 0 Å². The van der Waals surface area contributed by atoms with Gasteiger partial charge in [-0.25, -0.2) is 0 Å². The van der Waals surface area contributed by atoms with Gasteiger partial charge in [0.15, 0.2) is 0 Å². The van der Waals surface area contributed by atoms with Crippen LogP contribution in [-0.2, 0) is 5.75 Å². The molecule has 2 nitrogen and oxygen atoms in total. The Morgan fingerprint density at radius 3 is 2.93 bits per heavy atom. The van der Waals surface area contributed by atoms with Crippen molar-refractivity contribution in [2.45, 2.75) is 5.75 Å². The summed E-state index contributed by atoms with van der Waals surface area (Å²) in [6.07, 6.45) is 1.68. The molecule has 1 rings (SSSR count). The van der Waals surface area contributed by atoms with E-state index in [-0.39, 0.29) is 51.4 Å². The van der Waals surface area contributed by atoms with Crippen LogP contribution in [0.5, 0.6) is 0 Å². The van der Waals surface area contributed by atoms with Gasteiger partial charge in [-0.3, -0.25) is 0 Å². The van der Waals surface area contributed by atoms with E-state index in [1.54, 1.807) is 6.19 Å². The van der Waals surface area contributed by atoms with Crippen LogP contribution in [0.25, 0.3) is 0 Å². The molecule has 0 saturated carbocycles. The van der Waals surface area contributed by atoms with Crippen molar-refractivity contribution in [2.24, 2.45) is 4.99 Å². The van der Waals surface area contributed by atoms with E-state index in [4.69, 9.17) is 16.9 Å². The number of halogens is 1. The Hall–Kier alpha value is 1.01. The van der Waals surface area contributed by atoms with Crippen molar-refractivity contribution in [3.63, 3.8) is 0 Å². The molecule has 6 heteroatoms. The molecule has 1 aromatic carbocycles. The number of hydrogen-bond donors (Lipinski definition) is 1. The van der Waals surface area contributed by atoms with Gasteiger partial charge < -0.3 is 0 Å². The summed E-state index contributed by atoms with van der Waals surface area (Å²) in [7, 11) is 0. The number of rotatable bonds is 2. The van der Waals surface area contributed by atoms with Crippen molar-refractivity contribution in [1.82, 2.24) is 0 Å². The predicted molar refractivity (Wildman–Crippen MR) is 71.9 cm³/mol. The van der Waals surface area contributed by atoms with Crippen molar-refractivity contribution in [2.75, 3.05) is 0 Å². The molecule has 74 valence electrons. The van der Waals surface area contributed by atoms with E-state index in [2.05, 4.69) is 17.6 Å². The molecule has 0 fully saturated rings. The van der Waals surface area contributed by atoms with Crippen molar-refractivity contribution >= 4 is 91.8 Å². The fraction of sp³-hybridized carbons (Fsp3) is 0.111. The monoisotopic (exact) mass is 282 g/mol. The van der Waals surface area contributed by atoms with Crippen LogP contribution in [0.2, 0.25) is 5.02 Å². The van der Waals surface area contributed by atoms with Gasteiger partial charge in [0.05, 0.1) is 0 Å². The molecule has 0 aliphatic rings. The summed E-state index contributed by atoms with van der Waals surface area (Å²) in [6, 6.07) is 7.55. The Morgan fingerprint density at radius 1 is 1.60 bits per heavy atom. The summed E-state index contributed by atoms with van der Waals surface area (Å²) >= 11 is 11.2. The van der Waals surface area contributed by atoms with Crippen LogP contribution in [0.15, 0.2) is 29.3 Å². The molecule has 0 radical (unpaired) electrons. The zero-order chi connectivity index (χ0) is 10.4. The summed E-state index contributed by atoms with van der Waals surface area (Å²) in [5, 5.41) is 8.97. The Bertz CT molecular complexity index is 390. The van der Waals surface area contributed by atoms with Gasteiger partial charge in [-0.05, 0) is 17.7 Å². The van der Waals surface area contributed by atoms with Gasteiger partial charge >= 0.3 is 51.4 Å². The molecule has 0 saturated heterocycles. The number of thiol groups is 1. The van der Waals surface area contributed by atoms with Crippen molar-refractivity contribution in [1.29, 1.82) is 5.26 Å². The zero-order valence-corrected chi connectivity index (χ0v) is 9.61. The molecule has 0 aliphatic heterocycles. The van der Waals surface area contributed by atoms with Crippen molar-refractivity contribution in [3.05, 3.63) is 34.9 Å². The van der Waals surface area contributed by atoms with E-state index in [1.165, 1.54) is 11.8 Å². The third kappa shape index (κ3) is 7.03. The number of nitriles is 1. The second-order valence-corrected chi connectivity index (χ2v) is 4.54. The van der Waals surface area contributed by atoms with Gasteiger partial charge in [-0.2, -0.15) is 10.3 Å². The molecule has 0 aliphatic carbocycles. The summed E-state index contributed by atoms with van der Waals surface area (Å²) in [5.41, 5.74) is 1.09. The summed E-state index contributed by atoms with van der Waals surface area (Å²) in [4.78, 5) is 3.48. The Balaban J connectivity index is 0.00000196. The first-order chi connectivity index (χ1) is 6.72. The first kappa shape index (κ1) is 16.0. The van der Waals surface area contributed by atoms with Gasteiger partial charge in [-0.15, -0.1) is 12.6 Å². The third-order valence-corrected chi connectivity index (χ3v) is 2.95. The molecule has 0 bridgehead atoms. The predicted octanol–water partition coefficient (Wildman–Crippen LogP) is 2.69. The van der Waals surface area contributed by atoms with Crippen LogP contribution in [0, 0.1) is 11.5 Å². The van der Waals surface area contributed by atoms with Gasteiger partial charge in [0.1, 0.15) is 4.38 Å². The topological polar surface area (TPSA) is 36.1 Å². The average Bonchev–Trinajstić information content (AvgIpc) is 2.15. The number of thioether (sulfide) groups is 1. The van der Waals surface area contributed by atoms with Crippen LogP contribution in [0.4, 0.5) is 0 Å². The van der Waals surface area contributed by atoms with E-state index in [1.807, 2.05) is 24.3 Å². The van der Waals surface area contributed by atoms with E-state index in [0.717, 1.165) is 5.56 Å². The summed E-state index contributed by atoms with van der Waals surface area (Å²) in [6.45, 7) is 0. The van der Waals surface area contributed by atoms with Crippen LogP contribution < -0.4 is 0 Å². The SMILES string of the molecule is N#C/N=C(/S)SCc1cccc(Cl)c1.[KH]. The molecule has 0 heterocycles. The number of nitrogens with zero attached hydrogens (tertiary/aromatic N) is 2. The number of aliphatic imine (C=N–C) groups is 1. The van der Waals surface area contributed by atoms with Crippen molar-refractivity contribution < 1.29 is 0 Å². The van der Waals surface area contributed by atoms with Crippen molar-refractivity contribution in [3.8, 4) is 6.19 Å². The molecule has 0 amide bonds. The van der Waals surface area contributed by atoms with Crippen LogP contribution in [0.1, 0.15) is 5.56 Å². The Labute approximate surface area is 146 Å². The second-order valence-electron chi connectivity index (χ2n) is 2.41. The molecule has 0 aromatic heterocycles. The molecular weight excluding hydrogens is 275 g/mol. The maximum absolute atomic E-state index is 8.26. The second kappa shape index (κ2) is 9.08. The fourth-order valence-corrected chi connectivity index (χ4v) is 1.88. The van der Waals surface area contributed by atoms with E-state index in [9.17, 15) is 0 Å². The Kier molecular flexibility index (Phi) is 9.69. The molecule has 0 unspecified atom stereocenters. The standard InChI is InChI=1S/C9H7ClN2S2.K.H/c10-8-3-1-2-7(4-8)5-14-9(13)12-6-11;;/h1-4H,5H2,(H,12,13);;. The molecule has 15 heavy (non-hydrogen) atoms. The molecule has 0 atom stereocenters. The van der Waals surface area contributed by atoms with Crippen LogP contribution in [0.3, 0.4) is 0 Å². The molecule has 1 aromatic rings. The normalized spacial score (nSPS) is 10.3. The van der Waals surface area contributed by atoms with Gasteiger partial charge in [-0.1, -0.05) is 35.5 Å². The molecular formula is C9H8ClKN2S2. The minimum absolute atomic E-state index is 0. The number of benzene rings is 1. The molecule has 0 spiro atoms. The van der Waals surface area contributed by atoms with Gasteiger partial charge in [0, 0.05) is 10.8 Å². The molecule has 0 N–H and O–H groups in total. The van der Waals surface area contributed by atoms with E-state index >= 15 is 0 Å². The quantitative estimate of drug-likeness (QED) is 0.298. The van der Waals surface area contributed by atoms with Crippen LogP contribution >= 0.6 is 36.0 Å². The first-order valence-corrected chi connectivity index (χ1v) is 5.56. The average molecular weight is 283 g/mol. The maximum atomic E-state index is 8.26. The zero-order valence-electron chi connectivity index (χ0n) is 7.14. The number of hydrogen-bond acceptors (Lipinski definition) is 3. The van der Waals surface area contributed by atoms with E-state index < -0.39 is 0 Å². The van der Waals surface area contributed by atoms with Gasteiger partial charge in [0.2, 0.25) is 6.19 Å². The fourth-order valence-electron chi connectivity index (χ4n) is 0.850. The van der Waals surface area contributed by atoms with E-state index in [0.29, 0.717) is 15.2 Å². The third-order valence-electron chi connectivity index (χ3n) is 1.40. The Morgan fingerprint density at radius 2 is 2.33 bits per heavy atom.